The van der Waals surface area contributed by atoms with Crippen LogP contribution >= 0.6 is 0 Å². The Morgan fingerprint density at radius 1 is 1.11 bits per heavy atom. The highest BCUT2D eigenvalue weighted by molar-refractivity contribution is 6.46. The molecule has 1 aromatic carbocycles. The molecule has 2 heterocycles. The maximum Gasteiger partial charge on any atom is 0.295 e. The Labute approximate surface area is 157 Å². The van der Waals surface area contributed by atoms with Gasteiger partial charge in [-0.15, -0.1) is 0 Å². The summed E-state index contributed by atoms with van der Waals surface area (Å²) < 4.78 is 5.40. The number of carbonyl (C=O) groups is 2. The first-order valence-electron chi connectivity index (χ1n) is 9.18. The van der Waals surface area contributed by atoms with Gasteiger partial charge in [0.25, 0.3) is 11.7 Å². The third-order valence-corrected chi connectivity index (χ3v) is 5.30. The van der Waals surface area contributed by atoms with Crippen molar-refractivity contribution in [2.75, 3.05) is 0 Å². The molecule has 2 atom stereocenters. The molecule has 1 N–H and O–H groups in total. The Balaban J connectivity index is 1.79. The van der Waals surface area contributed by atoms with Crippen LogP contribution in [0.5, 0.6) is 0 Å². The summed E-state index contributed by atoms with van der Waals surface area (Å²) in [5.74, 6) is -0.601. The van der Waals surface area contributed by atoms with E-state index in [4.69, 9.17) is 4.42 Å². The van der Waals surface area contributed by atoms with Crippen molar-refractivity contribution in [3.63, 3.8) is 0 Å². The number of benzene rings is 1. The minimum absolute atomic E-state index is 0.0845. The SMILES string of the molecule is O=C1C(=O)N(Cc2ccco2)C(C2CC=CCC2)C1=C(O)c1ccccc1. The molecule has 1 amide bonds. The molecule has 0 saturated carbocycles. The smallest absolute Gasteiger partial charge is 0.295 e. The molecule has 1 saturated heterocycles. The van der Waals surface area contributed by atoms with Gasteiger partial charge in [0.05, 0.1) is 24.4 Å². The average molecular weight is 363 g/mol. The lowest BCUT2D eigenvalue weighted by atomic mass is 9.83. The van der Waals surface area contributed by atoms with Gasteiger partial charge < -0.3 is 14.4 Å². The standard InChI is InChI=1S/C22H21NO4/c24-20(16-10-5-2-6-11-16)18-19(15-8-3-1-4-9-15)23(22(26)21(18)25)14-17-12-7-13-27-17/h1-3,5-7,10-13,15,19,24H,4,8-9,14H2. The third kappa shape index (κ3) is 3.21. The first-order chi connectivity index (χ1) is 13.2. The average Bonchev–Trinajstić information content (AvgIpc) is 3.31. The highest BCUT2D eigenvalue weighted by Crippen LogP contribution is 2.38. The topological polar surface area (TPSA) is 70.8 Å². The van der Waals surface area contributed by atoms with Gasteiger partial charge in [0.1, 0.15) is 11.5 Å². The number of likely N-dealkylation sites (tertiary alicyclic amines) is 1. The normalized spacial score (nSPS) is 24.5. The van der Waals surface area contributed by atoms with E-state index in [1.807, 2.05) is 6.07 Å². The summed E-state index contributed by atoms with van der Waals surface area (Å²) in [6.45, 7) is 0.216. The van der Waals surface area contributed by atoms with E-state index >= 15 is 0 Å². The number of rotatable bonds is 4. The summed E-state index contributed by atoms with van der Waals surface area (Å²) in [5, 5.41) is 10.9. The highest BCUT2D eigenvalue weighted by atomic mass is 16.3. The quantitative estimate of drug-likeness (QED) is 0.387. The number of allylic oxidation sites excluding steroid dienone is 2. The van der Waals surface area contributed by atoms with Crippen molar-refractivity contribution in [1.29, 1.82) is 0 Å². The van der Waals surface area contributed by atoms with E-state index in [9.17, 15) is 14.7 Å². The van der Waals surface area contributed by atoms with Gasteiger partial charge in [-0.3, -0.25) is 9.59 Å². The molecule has 138 valence electrons. The van der Waals surface area contributed by atoms with Crippen molar-refractivity contribution < 1.29 is 19.1 Å². The van der Waals surface area contributed by atoms with Crippen LogP contribution in [0.3, 0.4) is 0 Å². The van der Waals surface area contributed by atoms with Crippen molar-refractivity contribution in [1.82, 2.24) is 4.90 Å². The van der Waals surface area contributed by atoms with E-state index in [2.05, 4.69) is 12.2 Å². The van der Waals surface area contributed by atoms with Crippen LogP contribution in [0.25, 0.3) is 5.76 Å². The first-order valence-corrected chi connectivity index (χ1v) is 9.18. The summed E-state index contributed by atoms with van der Waals surface area (Å²) in [6.07, 6.45) is 8.29. The fourth-order valence-electron chi connectivity index (χ4n) is 4.00. The maximum atomic E-state index is 12.9. The van der Waals surface area contributed by atoms with Gasteiger partial charge in [0.2, 0.25) is 0 Å². The summed E-state index contributed by atoms with van der Waals surface area (Å²) in [7, 11) is 0. The first kappa shape index (κ1) is 17.3. The number of furan rings is 1. The number of nitrogens with zero attached hydrogens (tertiary/aromatic N) is 1. The zero-order valence-electron chi connectivity index (χ0n) is 14.9. The Hall–Kier alpha value is -3.08. The van der Waals surface area contributed by atoms with Crippen LogP contribution in [0, 0.1) is 5.92 Å². The minimum Gasteiger partial charge on any atom is -0.507 e. The van der Waals surface area contributed by atoms with Crippen LogP contribution in [0.15, 0.2) is 70.9 Å². The van der Waals surface area contributed by atoms with Crippen molar-refractivity contribution in [3.05, 3.63) is 77.8 Å². The molecular weight excluding hydrogens is 342 g/mol. The van der Waals surface area contributed by atoms with Gasteiger partial charge in [-0.1, -0.05) is 42.5 Å². The molecule has 5 nitrogen and oxygen atoms in total. The molecule has 4 rings (SSSR count). The van der Waals surface area contributed by atoms with E-state index < -0.39 is 17.7 Å². The number of Topliss-reactive ketones (excluding diaryl/α,β-unsaturated/α-hetero) is 1. The molecule has 1 fully saturated rings. The van der Waals surface area contributed by atoms with E-state index in [1.54, 1.807) is 47.6 Å². The molecule has 1 aliphatic heterocycles. The van der Waals surface area contributed by atoms with Crippen LogP contribution in [-0.4, -0.2) is 27.7 Å². The number of amides is 1. The number of hydrogen-bond donors (Lipinski definition) is 1. The molecule has 2 aromatic rings. The van der Waals surface area contributed by atoms with Crippen LogP contribution in [0.2, 0.25) is 0 Å². The second-order valence-corrected chi connectivity index (χ2v) is 6.96. The Bertz CT molecular complexity index is 896. The monoisotopic (exact) mass is 363 g/mol. The fraction of sp³-hybridized carbons (Fsp3) is 0.273. The van der Waals surface area contributed by atoms with Gasteiger partial charge >= 0.3 is 0 Å². The van der Waals surface area contributed by atoms with Crippen molar-refractivity contribution in [2.45, 2.75) is 31.8 Å². The molecular formula is C22H21NO4. The van der Waals surface area contributed by atoms with Gasteiger partial charge in [-0.2, -0.15) is 0 Å². The summed E-state index contributed by atoms with van der Waals surface area (Å²) in [5.41, 5.74) is 0.753. The molecule has 5 heteroatoms. The van der Waals surface area contributed by atoms with Gasteiger partial charge in [-0.25, -0.2) is 0 Å². The number of aliphatic hydroxyl groups excluding tert-OH is 1. The van der Waals surface area contributed by atoms with E-state index in [1.165, 1.54) is 0 Å². The molecule has 0 spiro atoms. The number of hydrogen-bond acceptors (Lipinski definition) is 4. The lowest BCUT2D eigenvalue weighted by Crippen LogP contribution is -2.39. The fourth-order valence-corrected chi connectivity index (χ4v) is 4.00. The zero-order chi connectivity index (χ0) is 18.8. The Morgan fingerprint density at radius 3 is 2.59 bits per heavy atom. The molecule has 0 bridgehead atoms. The number of ketones is 1. The molecule has 1 aliphatic carbocycles. The summed E-state index contributed by atoms with van der Waals surface area (Å²) in [6, 6.07) is 12.0. The molecule has 2 aliphatic rings. The Morgan fingerprint density at radius 2 is 1.93 bits per heavy atom. The summed E-state index contributed by atoms with van der Waals surface area (Å²) in [4.78, 5) is 27.2. The molecule has 0 radical (unpaired) electrons. The summed E-state index contributed by atoms with van der Waals surface area (Å²) >= 11 is 0. The maximum absolute atomic E-state index is 12.9. The van der Waals surface area contributed by atoms with Crippen LogP contribution in [0.1, 0.15) is 30.6 Å². The van der Waals surface area contributed by atoms with Crippen molar-refractivity contribution in [2.24, 2.45) is 5.92 Å². The third-order valence-electron chi connectivity index (χ3n) is 5.30. The van der Waals surface area contributed by atoms with Gasteiger partial charge in [-0.05, 0) is 37.3 Å². The van der Waals surface area contributed by atoms with Gasteiger partial charge in [0, 0.05) is 5.56 Å². The second-order valence-electron chi connectivity index (χ2n) is 6.96. The Kier molecular flexibility index (Phi) is 4.67. The van der Waals surface area contributed by atoms with Crippen molar-refractivity contribution in [3.8, 4) is 0 Å². The molecule has 27 heavy (non-hydrogen) atoms. The second kappa shape index (κ2) is 7.27. The predicted octanol–water partition coefficient (Wildman–Crippen LogP) is 3.89. The van der Waals surface area contributed by atoms with E-state index in [-0.39, 0.29) is 23.8 Å². The number of carbonyl (C=O) groups excluding carboxylic acids is 2. The van der Waals surface area contributed by atoms with Crippen LogP contribution in [0.4, 0.5) is 0 Å². The van der Waals surface area contributed by atoms with E-state index in [0.717, 1.165) is 19.3 Å². The zero-order valence-corrected chi connectivity index (χ0v) is 14.9. The lowest BCUT2D eigenvalue weighted by Gasteiger charge is -2.32. The minimum atomic E-state index is -0.623. The highest BCUT2D eigenvalue weighted by Gasteiger charge is 2.48. The predicted molar refractivity (Wildman–Crippen MR) is 101 cm³/mol. The molecule has 1 aromatic heterocycles. The largest absolute Gasteiger partial charge is 0.507 e. The number of aliphatic hydroxyl groups is 1. The van der Waals surface area contributed by atoms with Gasteiger partial charge in [0.15, 0.2) is 0 Å². The van der Waals surface area contributed by atoms with Crippen molar-refractivity contribution >= 4 is 17.4 Å². The lowest BCUT2D eigenvalue weighted by molar-refractivity contribution is -0.140. The van der Waals surface area contributed by atoms with E-state index in [0.29, 0.717) is 11.3 Å². The van der Waals surface area contributed by atoms with Crippen LogP contribution in [-0.2, 0) is 16.1 Å². The van der Waals surface area contributed by atoms with Crippen LogP contribution < -0.4 is 0 Å². The molecule has 2 unspecified atom stereocenters.